The fourth-order valence-corrected chi connectivity index (χ4v) is 4.30. The van der Waals surface area contributed by atoms with E-state index in [1.54, 1.807) is 31.2 Å². The third kappa shape index (κ3) is 4.42. The van der Waals surface area contributed by atoms with Gasteiger partial charge >= 0.3 is 6.03 Å². The first kappa shape index (κ1) is 19.7. The van der Waals surface area contributed by atoms with Gasteiger partial charge < -0.3 is 4.74 Å². The maximum Gasteiger partial charge on any atom is 0.335 e. The van der Waals surface area contributed by atoms with Gasteiger partial charge in [-0.25, -0.2) is 22.9 Å². The molecule has 0 saturated heterocycles. The van der Waals surface area contributed by atoms with E-state index < -0.39 is 20.4 Å². The lowest BCUT2D eigenvalue weighted by molar-refractivity contribution is 0.256. The molecule has 2 aromatic rings. The third-order valence-electron chi connectivity index (χ3n) is 3.90. The largest absolute Gasteiger partial charge is 0.481 e. The number of halogens is 2. The van der Waals surface area contributed by atoms with Gasteiger partial charge in [0, 0.05) is 17.7 Å². The lowest BCUT2D eigenvalue weighted by atomic mass is 10.1. The Hall–Kier alpha value is -2.10. The second-order valence-corrected chi connectivity index (χ2v) is 9.18. The van der Waals surface area contributed by atoms with E-state index in [9.17, 15) is 13.2 Å². The van der Waals surface area contributed by atoms with Gasteiger partial charge in [0.05, 0.1) is 12.0 Å². The molecule has 8 nitrogen and oxygen atoms in total. The van der Waals surface area contributed by atoms with Crippen LogP contribution in [0.5, 0.6) is 5.88 Å². The van der Waals surface area contributed by atoms with Crippen molar-refractivity contribution in [1.82, 2.24) is 14.7 Å². The molecule has 3 rings (SSSR count). The molecule has 1 aromatic heterocycles. The number of hydrogen-bond acceptors (Lipinski definition) is 6. The summed E-state index contributed by atoms with van der Waals surface area (Å²) in [6.45, 7) is 1.68. The van der Waals surface area contributed by atoms with E-state index in [1.165, 1.54) is 13.2 Å². The molecule has 2 N–H and O–H groups in total. The minimum Gasteiger partial charge on any atom is -0.481 e. The Morgan fingerprint density at radius 2 is 1.96 bits per heavy atom. The molecule has 1 aliphatic carbocycles. The molecule has 0 spiro atoms. The molecule has 1 atom stereocenters. The fraction of sp³-hybridized carbons (Fsp3) is 0.312. The normalized spacial score (nSPS) is 17.9. The number of nitrogens with one attached hydrogen (secondary N) is 2. The zero-order valence-electron chi connectivity index (χ0n) is 14.4. The van der Waals surface area contributed by atoms with E-state index in [2.05, 4.69) is 15.3 Å². The molecule has 1 saturated carbocycles. The number of sulfonamides is 1. The number of rotatable bonds is 5. The number of benzene rings is 1. The monoisotopic (exact) mass is 430 g/mol. The number of aryl methyl sites for hydroxylation is 1. The minimum atomic E-state index is -4.16. The molecule has 1 aliphatic rings. The van der Waals surface area contributed by atoms with Gasteiger partial charge in [0.2, 0.25) is 11.8 Å². The van der Waals surface area contributed by atoms with Crippen LogP contribution in [0, 0.1) is 6.92 Å². The minimum absolute atomic E-state index is 0.0592. The van der Waals surface area contributed by atoms with Gasteiger partial charge in [0.25, 0.3) is 10.0 Å². The average Bonchev–Trinajstić information content (AvgIpc) is 3.22. The Morgan fingerprint density at radius 3 is 2.59 bits per heavy atom. The Labute approximate surface area is 166 Å². The number of aromatic nitrogens is 2. The van der Waals surface area contributed by atoms with Crippen LogP contribution >= 0.6 is 23.2 Å². The number of methoxy groups -OCH3 is 1. The van der Waals surface area contributed by atoms with Gasteiger partial charge in [0.1, 0.15) is 4.33 Å². The summed E-state index contributed by atoms with van der Waals surface area (Å²) in [7, 11) is -2.74. The number of hydrogen-bond donors (Lipinski definition) is 2. The number of alkyl halides is 2. The molecule has 1 aromatic carbocycles. The van der Waals surface area contributed by atoms with Crippen molar-refractivity contribution < 1.29 is 17.9 Å². The van der Waals surface area contributed by atoms with Crippen LogP contribution in [0.15, 0.2) is 35.2 Å². The van der Waals surface area contributed by atoms with Crippen LogP contribution in [0.25, 0.3) is 0 Å². The second kappa shape index (κ2) is 7.14. The van der Waals surface area contributed by atoms with Crippen molar-refractivity contribution in [1.29, 1.82) is 0 Å². The molecule has 0 radical (unpaired) electrons. The Bertz CT molecular complexity index is 998. The zero-order chi connectivity index (χ0) is 19.8. The predicted molar refractivity (Wildman–Crippen MR) is 101 cm³/mol. The molecule has 1 heterocycles. The predicted octanol–water partition coefficient (Wildman–Crippen LogP) is 2.97. The number of urea groups is 1. The molecule has 1 fully saturated rings. The van der Waals surface area contributed by atoms with E-state index in [0.29, 0.717) is 17.7 Å². The number of anilines is 1. The first-order chi connectivity index (χ1) is 12.6. The Balaban J connectivity index is 1.79. The van der Waals surface area contributed by atoms with Gasteiger partial charge in [0.15, 0.2) is 0 Å². The van der Waals surface area contributed by atoms with Crippen molar-refractivity contribution in [3.05, 3.63) is 41.6 Å². The van der Waals surface area contributed by atoms with Crippen LogP contribution in [-0.2, 0) is 10.0 Å². The maximum absolute atomic E-state index is 12.7. The standard InChI is InChI=1S/C16H16Cl2N4O4S/c1-9-7-13(26-2)20-14(19-9)21-15(23)22-27(24,25)12-6-4-3-5-10(12)11-8-16(11,17)18/h3-7,11H,8H2,1-2H3,(H2,19,20,21,22,23). The van der Waals surface area contributed by atoms with E-state index in [1.807, 2.05) is 4.72 Å². The fourth-order valence-electron chi connectivity index (χ4n) is 2.57. The lowest BCUT2D eigenvalue weighted by Crippen LogP contribution is -2.35. The van der Waals surface area contributed by atoms with Crippen LogP contribution < -0.4 is 14.8 Å². The quantitative estimate of drug-likeness (QED) is 0.705. The van der Waals surface area contributed by atoms with Crippen LogP contribution in [0.1, 0.15) is 23.6 Å². The van der Waals surface area contributed by atoms with Crippen molar-refractivity contribution in [3.63, 3.8) is 0 Å². The number of carbonyl (C=O) groups excluding carboxylic acids is 1. The summed E-state index contributed by atoms with van der Waals surface area (Å²) < 4.78 is 31.3. The van der Waals surface area contributed by atoms with Crippen molar-refractivity contribution in [3.8, 4) is 5.88 Å². The van der Waals surface area contributed by atoms with Crippen molar-refractivity contribution in [2.45, 2.75) is 28.5 Å². The maximum atomic E-state index is 12.7. The number of ether oxygens (including phenoxy) is 1. The van der Waals surface area contributed by atoms with Crippen molar-refractivity contribution in [2.75, 3.05) is 12.4 Å². The first-order valence-corrected chi connectivity index (χ1v) is 10.1. The molecular formula is C16H16Cl2N4O4S. The van der Waals surface area contributed by atoms with E-state index in [0.717, 1.165) is 0 Å². The van der Waals surface area contributed by atoms with E-state index >= 15 is 0 Å². The first-order valence-electron chi connectivity index (χ1n) is 7.82. The summed E-state index contributed by atoms with van der Waals surface area (Å²) in [6, 6.07) is 6.81. The number of amides is 2. The number of nitrogens with zero attached hydrogens (tertiary/aromatic N) is 2. The summed E-state index contributed by atoms with van der Waals surface area (Å²) in [5.74, 6) is -0.170. The van der Waals surface area contributed by atoms with Crippen LogP contribution in [0.3, 0.4) is 0 Å². The van der Waals surface area contributed by atoms with Gasteiger partial charge in [-0.05, 0) is 25.0 Å². The van der Waals surface area contributed by atoms with Gasteiger partial charge in [-0.2, -0.15) is 4.98 Å². The highest BCUT2D eigenvalue weighted by atomic mass is 35.5. The lowest BCUT2D eigenvalue weighted by Gasteiger charge is -2.12. The molecular weight excluding hydrogens is 415 g/mol. The number of carbonyl (C=O) groups is 1. The highest BCUT2D eigenvalue weighted by Gasteiger charge is 2.53. The van der Waals surface area contributed by atoms with Crippen LogP contribution in [-0.4, -0.2) is 35.9 Å². The van der Waals surface area contributed by atoms with Gasteiger partial charge in [-0.1, -0.05) is 18.2 Å². The highest BCUT2D eigenvalue weighted by Crippen LogP contribution is 2.60. The third-order valence-corrected chi connectivity index (χ3v) is 6.14. The average molecular weight is 431 g/mol. The summed E-state index contributed by atoms with van der Waals surface area (Å²) in [5, 5.41) is 2.28. The molecule has 11 heteroatoms. The van der Waals surface area contributed by atoms with Crippen molar-refractivity contribution >= 4 is 45.2 Å². The molecule has 0 bridgehead atoms. The highest BCUT2D eigenvalue weighted by molar-refractivity contribution is 7.90. The summed E-state index contributed by atoms with van der Waals surface area (Å²) in [4.78, 5) is 20.0. The Morgan fingerprint density at radius 1 is 1.30 bits per heavy atom. The SMILES string of the molecule is COc1cc(C)nc(NC(=O)NS(=O)(=O)c2ccccc2C2CC2(Cl)Cl)n1. The van der Waals surface area contributed by atoms with E-state index in [-0.39, 0.29) is 22.6 Å². The molecule has 27 heavy (non-hydrogen) atoms. The molecule has 1 unspecified atom stereocenters. The van der Waals surface area contributed by atoms with Crippen LogP contribution in [0.2, 0.25) is 0 Å². The topological polar surface area (TPSA) is 110 Å². The Kier molecular flexibility index (Phi) is 5.20. The van der Waals surface area contributed by atoms with Gasteiger partial charge in [-0.3, -0.25) is 5.32 Å². The molecule has 0 aliphatic heterocycles. The smallest absolute Gasteiger partial charge is 0.335 e. The van der Waals surface area contributed by atoms with Gasteiger partial charge in [-0.15, -0.1) is 23.2 Å². The summed E-state index contributed by atoms with van der Waals surface area (Å²) in [6.07, 6.45) is 0.436. The molecule has 144 valence electrons. The summed E-state index contributed by atoms with van der Waals surface area (Å²) >= 11 is 12.1. The summed E-state index contributed by atoms with van der Waals surface area (Å²) in [5.41, 5.74) is 0.996. The molecule has 2 amide bonds. The van der Waals surface area contributed by atoms with Crippen molar-refractivity contribution in [2.24, 2.45) is 0 Å². The van der Waals surface area contributed by atoms with E-state index in [4.69, 9.17) is 27.9 Å². The second-order valence-electron chi connectivity index (χ2n) is 5.99. The van der Waals surface area contributed by atoms with Crippen LogP contribution in [0.4, 0.5) is 10.7 Å². The zero-order valence-corrected chi connectivity index (χ0v) is 16.7.